The Morgan fingerprint density at radius 1 is 1.40 bits per heavy atom. The second-order valence-electron chi connectivity index (χ2n) is 5.18. The van der Waals surface area contributed by atoms with Crippen LogP contribution in [0.3, 0.4) is 0 Å². The van der Waals surface area contributed by atoms with Gasteiger partial charge < -0.3 is 16.0 Å². The molecule has 0 fully saturated rings. The average Bonchev–Trinajstić information content (AvgIpc) is 2.78. The third kappa shape index (κ3) is 3.45. The Balaban J connectivity index is 2.27. The lowest BCUT2D eigenvalue weighted by Crippen LogP contribution is -2.26. The smallest absolute Gasteiger partial charge is 0.241 e. The molecule has 5 nitrogen and oxygen atoms in total. The summed E-state index contributed by atoms with van der Waals surface area (Å²) in [6.07, 6.45) is 3.04. The molecule has 20 heavy (non-hydrogen) atoms. The molecule has 0 bridgehead atoms. The number of benzene rings is 1. The zero-order valence-corrected chi connectivity index (χ0v) is 12.0. The van der Waals surface area contributed by atoms with Crippen LogP contribution in [-0.2, 0) is 4.79 Å². The second kappa shape index (κ2) is 5.88. The van der Waals surface area contributed by atoms with Gasteiger partial charge in [-0.3, -0.25) is 4.79 Å². The van der Waals surface area contributed by atoms with Gasteiger partial charge in [-0.1, -0.05) is 19.9 Å². The molecule has 0 radical (unpaired) electrons. The lowest BCUT2D eigenvalue weighted by atomic mass is 10.2. The summed E-state index contributed by atoms with van der Waals surface area (Å²) in [5.41, 5.74) is 7.86. The number of nitrogens with one attached hydrogen (secondary N) is 2. The van der Waals surface area contributed by atoms with Crippen molar-refractivity contribution in [1.82, 2.24) is 15.3 Å². The maximum absolute atomic E-state index is 10.7. The molecule has 0 saturated carbocycles. The predicted octanol–water partition coefficient (Wildman–Crippen LogP) is 2.12. The van der Waals surface area contributed by atoms with E-state index in [2.05, 4.69) is 36.1 Å². The zero-order chi connectivity index (χ0) is 14.7. The summed E-state index contributed by atoms with van der Waals surface area (Å²) in [5, 5.41) is 3.41. The van der Waals surface area contributed by atoms with E-state index < -0.39 is 5.91 Å². The predicted molar refractivity (Wildman–Crippen MR) is 81.0 cm³/mol. The van der Waals surface area contributed by atoms with Gasteiger partial charge in [-0.2, -0.15) is 0 Å². The Kier molecular flexibility index (Phi) is 4.20. The van der Waals surface area contributed by atoms with Gasteiger partial charge in [0.05, 0.1) is 17.1 Å². The van der Waals surface area contributed by atoms with Crippen LogP contribution < -0.4 is 11.1 Å². The number of hydrogen-bond donors (Lipinski definition) is 3. The lowest BCUT2D eigenvalue weighted by Gasteiger charge is -2.13. The number of aromatic nitrogens is 2. The van der Waals surface area contributed by atoms with E-state index in [1.165, 1.54) is 6.08 Å². The fourth-order valence-corrected chi connectivity index (χ4v) is 2.11. The van der Waals surface area contributed by atoms with Gasteiger partial charge in [0.2, 0.25) is 5.91 Å². The summed E-state index contributed by atoms with van der Waals surface area (Å²) in [6, 6.07) is 6.34. The number of carbonyl (C=O) groups excluding carboxylic acids is 1. The molecule has 106 valence electrons. The van der Waals surface area contributed by atoms with Crippen molar-refractivity contribution in [3.63, 3.8) is 0 Å². The maximum Gasteiger partial charge on any atom is 0.241 e. The van der Waals surface area contributed by atoms with Crippen LogP contribution in [0.15, 0.2) is 24.3 Å². The van der Waals surface area contributed by atoms with Crippen LogP contribution in [-0.4, -0.2) is 21.9 Å². The highest BCUT2D eigenvalue weighted by Crippen LogP contribution is 2.18. The van der Waals surface area contributed by atoms with Gasteiger partial charge >= 0.3 is 0 Å². The van der Waals surface area contributed by atoms with Gasteiger partial charge in [0.1, 0.15) is 5.82 Å². The molecule has 4 N–H and O–H groups in total. The van der Waals surface area contributed by atoms with E-state index in [0.717, 1.165) is 22.4 Å². The van der Waals surface area contributed by atoms with Crippen molar-refractivity contribution in [3.05, 3.63) is 35.7 Å². The molecular formula is C15H20N4O. The molecular weight excluding hydrogens is 252 g/mol. The topological polar surface area (TPSA) is 83.8 Å². The van der Waals surface area contributed by atoms with Crippen LogP contribution in [0.4, 0.5) is 0 Å². The highest BCUT2D eigenvalue weighted by Gasteiger charge is 2.11. The quantitative estimate of drug-likeness (QED) is 0.729. The van der Waals surface area contributed by atoms with Crippen molar-refractivity contribution in [3.8, 4) is 0 Å². The lowest BCUT2D eigenvalue weighted by molar-refractivity contribution is -0.113. The molecule has 0 aliphatic rings. The van der Waals surface area contributed by atoms with E-state index in [1.807, 2.05) is 18.2 Å². The van der Waals surface area contributed by atoms with Gasteiger partial charge in [0.25, 0.3) is 0 Å². The maximum atomic E-state index is 10.7. The molecule has 1 aromatic heterocycles. The van der Waals surface area contributed by atoms with Crippen molar-refractivity contribution in [2.75, 3.05) is 0 Å². The fourth-order valence-electron chi connectivity index (χ4n) is 2.11. The van der Waals surface area contributed by atoms with Gasteiger partial charge in [-0.25, -0.2) is 4.98 Å². The molecule has 0 unspecified atom stereocenters. The Hall–Kier alpha value is -2.14. The van der Waals surface area contributed by atoms with Crippen molar-refractivity contribution in [2.45, 2.75) is 32.9 Å². The molecule has 1 aromatic carbocycles. The third-order valence-corrected chi connectivity index (χ3v) is 2.96. The number of carbonyl (C=O) groups is 1. The second-order valence-corrected chi connectivity index (χ2v) is 5.18. The van der Waals surface area contributed by atoms with E-state index in [9.17, 15) is 4.79 Å². The number of imidazole rings is 1. The van der Waals surface area contributed by atoms with E-state index in [0.29, 0.717) is 6.04 Å². The molecule has 1 heterocycles. The number of H-pyrrole nitrogens is 1. The zero-order valence-electron chi connectivity index (χ0n) is 12.0. The van der Waals surface area contributed by atoms with Crippen LogP contribution in [0.2, 0.25) is 0 Å². The molecule has 0 saturated heterocycles. The van der Waals surface area contributed by atoms with Crippen molar-refractivity contribution in [1.29, 1.82) is 0 Å². The van der Waals surface area contributed by atoms with E-state index in [-0.39, 0.29) is 6.04 Å². The van der Waals surface area contributed by atoms with Crippen LogP contribution in [0.5, 0.6) is 0 Å². The van der Waals surface area contributed by atoms with Gasteiger partial charge in [-0.15, -0.1) is 0 Å². The first-order valence-corrected chi connectivity index (χ1v) is 6.69. The molecule has 0 aliphatic carbocycles. The Morgan fingerprint density at radius 2 is 2.15 bits per heavy atom. The number of nitrogens with two attached hydrogens (primary N) is 1. The van der Waals surface area contributed by atoms with Crippen molar-refractivity contribution >= 4 is 23.0 Å². The molecule has 2 rings (SSSR count). The summed E-state index contributed by atoms with van der Waals surface area (Å²) in [6.45, 7) is 6.28. The largest absolute Gasteiger partial charge is 0.366 e. The minimum atomic E-state index is -0.454. The minimum Gasteiger partial charge on any atom is -0.366 e. The van der Waals surface area contributed by atoms with Gasteiger partial charge in [0, 0.05) is 12.1 Å². The highest BCUT2D eigenvalue weighted by molar-refractivity contribution is 5.91. The Bertz CT molecular complexity index is 642. The van der Waals surface area contributed by atoms with Gasteiger partial charge in [0.15, 0.2) is 0 Å². The summed E-state index contributed by atoms with van der Waals surface area (Å²) in [5.74, 6) is 0.454. The highest BCUT2D eigenvalue weighted by atomic mass is 16.1. The molecule has 2 aromatic rings. The third-order valence-electron chi connectivity index (χ3n) is 2.96. The first-order chi connectivity index (χ1) is 9.45. The first-order valence-electron chi connectivity index (χ1n) is 6.69. The summed E-state index contributed by atoms with van der Waals surface area (Å²) < 4.78 is 0. The normalized spacial score (nSPS) is 13.4. The fraction of sp³-hybridized carbons (Fsp3) is 0.333. The number of nitrogens with zero attached hydrogens (tertiary/aromatic N) is 1. The standard InChI is InChI=1S/C15H20N4O/c1-9(2)17-10(3)15-18-12-6-4-11(5-7-14(16)20)8-13(12)19-15/h4-10,17H,1-3H3,(H2,16,20)(H,18,19)/b7-5+/t10-/m1/s1. The average molecular weight is 272 g/mol. The Labute approximate surface area is 118 Å². The molecule has 5 heteroatoms. The summed E-state index contributed by atoms with van der Waals surface area (Å²) in [7, 11) is 0. The Morgan fingerprint density at radius 3 is 2.80 bits per heavy atom. The first kappa shape index (κ1) is 14.3. The minimum absolute atomic E-state index is 0.159. The number of aromatic amines is 1. The van der Waals surface area contributed by atoms with Crippen LogP contribution in [0, 0.1) is 0 Å². The molecule has 0 aliphatic heterocycles. The van der Waals surface area contributed by atoms with Gasteiger partial charge in [-0.05, 0) is 30.7 Å². The monoisotopic (exact) mass is 272 g/mol. The number of hydrogen-bond acceptors (Lipinski definition) is 3. The molecule has 1 atom stereocenters. The van der Waals surface area contributed by atoms with E-state index in [4.69, 9.17) is 5.73 Å². The number of rotatable bonds is 5. The van der Waals surface area contributed by atoms with Crippen LogP contribution >= 0.6 is 0 Å². The molecule has 0 spiro atoms. The summed E-state index contributed by atoms with van der Waals surface area (Å²) >= 11 is 0. The number of fused-ring (bicyclic) bond motifs is 1. The van der Waals surface area contributed by atoms with Crippen LogP contribution in [0.1, 0.15) is 38.2 Å². The number of amides is 1. The van der Waals surface area contributed by atoms with Crippen LogP contribution in [0.25, 0.3) is 17.1 Å². The molecule has 1 amide bonds. The van der Waals surface area contributed by atoms with E-state index in [1.54, 1.807) is 6.08 Å². The van der Waals surface area contributed by atoms with E-state index >= 15 is 0 Å². The summed E-state index contributed by atoms with van der Waals surface area (Å²) in [4.78, 5) is 18.6. The number of primary amides is 1. The van der Waals surface area contributed by atoms with Crippen molar-refractivity contribution < 1.29 is 4.79 Å². The van der Waals surface area contributed by atoms with Crippen molar-refractivity contribution in [2.24, 2.45) is 5.73 Å². The SMILES string of the molecule is CC(C)N[C@H](C)c1nc2ccc(/C=C/C(N)=O)cc2[nH]1.